The molecule has 0 saturated carbocycles. The first kappa shape index (κ1) is 14.8. The summed E-state index contributed by atoms with van der Waals surface area (Å²) in [5.74, 6) is 0. The molecular formula is C16H22N2O2S. The van der Waals surface area contributed by atoms with E-state index in [9.17, 15) is 8.42 Å². The van der Waals surface area contributed by atoms with E-state index >= 15 is 0 Å². The van der Waals surface area contributed by atoms with Gasteiger partial charge in [0.25, 0.3) is 0 Å². The third-order valence-corrected chi connectivity index (χ3v) is 5.58. The zero-order valence-corrected chi connectivity index (χ0v) is 13.1. The van der Waals surface area contributed by atoms with E-state index in [0.717, 1.165) is 37.9 Å². The van der Waals surface area contributed by atoms with Gasteiger partial charge in [-0.3, -0.25) is 4.90 Å². The summed E-state index contributed by atoms with van der Waals surface area (Å²) in [6.45, 7) is 2.02. The second kappa shape index (κ2) is 5.55. The third kappa shape index (κ3) is 3.20. The maximum atomic E-state index is 11.6. The van der Waals surface area contributed by atoms with Crippen LogP contribution in [-0.4, -0.2) is 44.7 Å². The third-order valence-electron chi connectivity index (χ3n) is 4.47. The Hall–Kier alpha value is -1.17. The number of rotatable bonds is 3. The molecule has 1 saturated heterocycles. The van der Waals surface area contributed by atoms with Crippen LogP contribution in [0.4, 0.5) is 0 Å². The molecule has 1 aliphatic carbocycles. The lowest BCUT2D eigenvalue weighted by molar-refractivity contribution is 0.0889. The van der Waals surface area contributed by atoms with Gasteiger partial charge in [0.05, 0.1) is 4.90 Å². The van der Waals surface area contributed by atoms with Gasteiger partial charge in [-0.05, 0) is 42.5 Å². The smallest absolute Gasteiger partial charge is 0.175 e. The second-order valence-corrected chi connectivity index (χ2v) is 8.19. The van der Waals surface area contributed by atoms with Crippen LogP contribution in [0, 0.1) is 0 Å². The van der Waals surface area contributed by atoms with Crippen molar-refractivity contribution in [2.45, 2.75) is 36.2 Å². The lowest BCUT2D eigenvalue weighted by Gasteiger charge is -2.43. The van der Waals surface area contributed by atoms with Crippen LogP contribution in [0.2, 0.25) is 0 Å². The normalized spacial score (nSPS) is 24.5. The van der Waals surface area contributed by atoms with Crippen LogP contribution < -0.4 is 5.73 Å². The Morgan fingerprint density at radius 1 is 1.29 bits per heavy atom. The lowest BCUT2D eigenvalue weighted by atomic mass is 9.88. The molecule has 1 unspecified atom stereocenters. The molecule has 21 heavy (non-hydrogen) atoms. The first-order valence-electron chi connectivity index (χ1n) is 7.42. The van der Waals surface area contributed by atoms with Gasteiger partial charge in [-0.25, -0.2) is 8.42 Å². The summed E-state index contributed by atoms with van der Waals surface area (Å²) in [6, 6.07) is 8.23. The molecule has 0 spiro atoms. The van der Waals surface area contributed by atoms with E-state index in [2.05, 4.69) is 11.0 Å². The van der Waals surface area contributed by atoms with Crippen molar-refractivity contribution in [3.05, 3.63) is 35.9 Å². The van der Waals surface area contributed by atoms with Crippen LogP contribution in [0.5, 0.6) is 0 Å². The van der Waals surface area contributed by atoms with Gasteiger partial charge >= 0.3 is 0 Å². The maximum Gasteiger partial charge on any atom is 0.175 e. The van der Waals surface area contributed by atoms with Gasteiger partial charge in [-0.2, -0.15) is 0 Å². The van der Waals surface area contributed by atoms with E-state index < -0.39 is 9.84 Å². The van der Waals surface area contributed by atoms with E-state index in [1.54, 1.807) is 12.1 Å². The standard InChI is InChI=1S/C16H22N2O2S/c1-21(19,20)16-4-2-3-13(9-16)12-5-7-15(8-6-12)18-10-14(17)11-18/h2-5,9,14-15H,6-8,10-11,17H2,1H3. The van der Waals surface area contributed by atoms with Gasteiger partial charge in [0.1, 0.15) is 0 Å². The van der Waals surface area contributed by atoms with Crippen LogP contribution in [-0.2, 0) is 9.84 Å². The summed E-state index contributed by atoms with van der Waals surface area (Å²) >= 11 is 0. The SMILES string of the molecule is CS(=O)(=O)c1cccc(C2=CCC(N3CC(N)C3)CC2)c1. The van der Waals surface area contributed by atoms with E-state index in [1.807, 2.05) is 12.1 Å². The molecule has 3 rings (SSSR count). The topological polar surface area (TPSA) is 63.4 Å². The minimum atomic E-state index is -3.14. The van der Waals surface area contributed by atoms with Crippen molar-refractivity contribution in [3.63, 3.8) is 0 Å². The van der Waals surface area contributed by atoms with Gasteiger partial charge < -0.3 is 5.73 Å². The van der Waals surface area contributed by atoms with Crippen molar-refractivity contribution in [1.82, 2.24) is 4.90 Å². The maximum absolute atomic E-state index is 11.6. The van der Waals surface area contributed by atoms with Crippen molar-refractivity contribution in [2.24, 2.45) is 5.73 Å². The Balaban J connectivity index is 1.74. The molecule has 0 bridgehead atoms. The first-order chi connectivity index (χ1) is 9.93. The molecule has 2 N–H and O–H groups in total. The van der Waals surface area contributed by atoms with Crippen molar-refractivity contribution in [3.8, 4) is 0 Å². The summed E-state index contributed by atoms with van der Waals surface area (Å²) in [4.78, 5) is 2.85. The van der Waals surface area contributed by atoms with Crippen molar-refractivity contribution in [2.75, 3.05) is 19.3 Å². The number of benzene rings is 1. The van der Waals surface area contributed by atoms with Crippen LogP contribution in [0.1, 0.15) is 24.8 Å². The Morgan fingerprint density at radius 2 is 2.05 bits per heavy atom. The van der Waals surface area contributed by atoms with Gasteiger partial charge in [0, 0.05) is 31.4 Å². The van der Waals surface area contributed by atoms with Crippen LogP contribution in [0.25, 0.3) is 5.57 Å². The Labute approximate surface area is 126 Å². The Morgan fingerprint density at radius 3 is 2.62 bits per heavy atom. The fourth-order valence-corrected chi connectivity index (χ4v) is 3.85. The Bertz CT molecular complexity index is 661. The molecule has 1 fully saturated rings. The van der Waals surface area contributed by atoms with Crippen LogP contribution in [0.3, 0.4) is 0 Å². The number of nitrogens with zero attached hydrogens (tertiary/aromatic N) is 1. The zero-order valence-electron chi connectivity index (χ0n) is 12.3. The van der Waals surface area contributed by atoms with E-state index in [0.29, 0.717) is 17.0 Å². The molecule has 5 heteroatoms. The number of hydrogen-bond donors (Lipinski definition) is 1. The fraction of sp³-hybridized carbons (Fsp3) is 0.500. The van der Waals surface area contributed by atoms with Crippen molar-refractivity contribution < 1.29 is 8.42 Å². The highest BCUT2D eigenvalue weighted by Crippen LogP contribution is 2.31. The summed E-state index contributed by atoms with van der Waals surface area (Å²) in [5, 5.41) is 0. The second-order valence-electron chi connectivity index (χ2n) is 6.17. The summed E-state index contributed by atoms with van der Waals surface area (Å²) in [7, 11) is -3.14. The summed E-state index contributed by atoms with van der Waals surface area (Å²) in [5.41, 5.74) is 8.14. The molecule has 2 aliphatic rings. The van der Waals surface area contributed by atoms with E-state index in [1.165, 1.54) is 11.8 Å². The monoisotopic (exact) mass is 306 g/mol. The number of hydrogen-bond acceptors (Lipinski definition) is 4. The van der Waals surface area contributed by atoms with E-state index in [-0.39, 0.29) is 0 Å². The van der Waals surface area contributed by atoms with Crippen LogP contribution in [0.15, 0.2) is 35.2 Å². The molecule has 1 aromatic rings. The highest BCUT2D eigenvalue weighted by molar-refractivity contribution is 7.90. The molecule has 1 heterocycles. The molecule has 4 nitrogen and oxygen atoms in total. The Kier molecular flexibility index (Phi) is 3.90. The minimum Gasteiger partial charge on any atom is -0.325 e. The molecule has 1 aromatic carbocycles. The number of likely N-dealkylation sites (tertiary alicyclic amines) is 1. The highest BCUT2D eigenvalue weighted by atomic mass is 32.2. The average molecular weight is 306 g/mol. The zero-order chi connectivity index (χ0) is 15.0. The quantitative estimate of drug-likeness (QED) is 0.922. The molecule has 0 aromatic heterocycles. The first-order valence-corrected chi connectivity index (χ1v) is 9.32. The lowest BCUT2D eigenvalue weighted by Crippen LogP contribution is -2.59. The number of sulfone groups is 1. The predicted molar refractivity (Wildman–Crippen MR) is 84.7 cm³/mol. The van der Waals surface area contributed by atoms with E-state index in [4.69, 9.17) is 5.73 Å². The van der Waals surface area contributed by atoms with Crippen molar-refractivity contribution in [1.29, 1.82) is 0 Å². The van der Waals surface area contributed by atoms with Gasteiger partial charge in [-0.1, -0.05) is 18.2 Å². The fourth-order valence-electron chi connectivity index (χ4n) is 3.19. The van der Waals surface area contributed by atoms with Gasteiger partial charge in [0.15, 0.2) is 9.84 Å². The number of allylic oxidation sites excluding steroid dienone is 1. The van der Waals surface area contributed by atoms with Crippen LogP contribution >= 0.6 is 0 Å². The van der Waals surface area contributed by atoms with Crippen molar-refractivity contribution >= 4 is 15.4 Å². The number of nitrogens with two attached hydrogens (primary N) is 1. The molecular weight excluding hydrogens is 284 g/mol. The summed E-state index contributed by atoms with van der Waals surface area (Å²) in [6.07, 6.45) is 6.68. The molecule has 0 amide bonds. The average Bonchev–Trinajstić information content (AvgIpc) is 2.43. The molecule has 1 aliphatic heterocycles. The van der Waals surface area contributed by atoms with Gasteiger partial charge in [0.2, 0.25) is 0 Å². The molecule has 114 valence electrons. The highest BCUT2D eigenvalue weighted by Gasteiger charge is 2.30. The molecule has 0 radical (unpaired) electrons. The van der Waals surface area contributed by atoms with Gasteiger partial charge in [-0.15, -0.1) is 0 Å². The minimum absolute atomic E-state index is 0.349. The molecule has 1 atom stereocenters. The summed E-state index contributed by atoms with van der Waals surface area (Å²) < 4.78 is 23.3. The predicted octanol–water partition coefficient (Wildman–Crippen LogP) is 1.67. The largest absolute Gasteiger partial charge is 0.325 e.